The van der Waals surface area contributed by atoms with Crippen LogP contribution >= 0.6 is 11.8 Å². The number of fused-ring (bicyclic) bond motifs is 1. The lowest BCUT2D eigenvalue weighted by Crippen LogP contribution is -2.29. The van der Waals surface area contributed by atoms with Crippen LogP contribution in [0.25, 0.3) is 10.8 Å². The summed E-state index contributed by atoms with van der Waals surface area (Å²) in [6, 6.07) is 9.14. The van der Waals surface area contributed by atoms with Crippen LogP contribution in [0.3, 0.4) is 0 Å². The fraction of sp³-hybridized carbons (Fsp3) is 0.438. The molecule has 2 unspecified atom stereocenters. The zero-order chi connectivity index (χ0) is 13.1. The van der Waals surface area contributed by atoms with Crippen molar-refractivity contribution in [2.45, 2.75) is 30.6 Å². The van der Waals surface area contributed by atoms with E-state index in [2.05, 4.69) is 53.4 Å². The number of hydrogen-bond acceptors (Lipinski definition) is 3. The normalized spacial score (nSPS) is 21.4. The monoisotopic (exact) mass is 272 g/mol. The van der Waals surface area contributed by atoms with E-state index in [1.165, 1.54) is 41.4 Å². The minimum absolute atomic E-state index is 0.441. The topological polar surface area (TPSA) is 24.9 Å². The number of hydrogen-bond donors (Lipinski definition) is 1. The molecule has 3 heteroatoms. The van der Waals surface area contributed by atoms with E-state index in [9.17, 15) is 0 Å². The van der Waals surface area contributed by atoms with E-state index >= 15 is 0 Å². The van der Waals surface area contributed by atoms with Gasteiger partial charge in [-0.3, -0.25) is 4.98 Å². The molecule has 0 bridgehead atoms. The minimum Gasteiger partial charge on any atom is -0.312 e. The lowest BCUT2D eigenvalue weighted by Gasteiger charge is -2.30. The summed E-state index contributed by atoms with van der Waals surface area (Å²) in [6.45, 7) is 0. The fourth-order valence-corrected chi connectivity index (χ4v) is 4.47. The molecule has 2 atom stereocenters. The Morgan fingerprint density at radius 1 is 1.32 bits per heavy atom. The maximum atomic E-state index is 4.23. The molecule has 2 heterocycles. The summed E-state index contributed by atoms with van der Waals surface area (Å²) in [5.74, 6) is 1.30. The first-order valence-electron chi connectivity index (χ1n) is 7.01. The summed E-state index contributed by atoms with van der Waals surface area (Å²) in [4.78, 5) is 4.23. The highest BCUT2D eigenvalue weighted by Gasteiger charge is 2.25. The van der Waals surface area contributed by atoms with Crippen LogP contribution in [0.5, 0.6) is 0 Å². The van der Waals surface area contributed by atoms with Gasteiger partial charge in [0.05, 0.1) is 0 Å². The minimum atomic E-state index is 0.441. The SMILES string of the molecule is CNC(c1cccc2cnccc12)C1CCCCS1. The molecule has 1 fully saturated rings. The molecule has 1 aliphatic heterocycles. The van der Waals surface area contributed by atoms with Crippen molar-refractivity contribution < 1.29 is 0 Å². The smallest absolute Gasteiger partial charge is 0.0444 e. The van der Waals surface area contributed by atoms with Crippen molar-refractivity contribution in [3.05, 3.63) is 42.2 Å². The Hall–Kier alpha value is -1.06. The average molecular weight is 272 g/mol. The van der Waals surface area contributed by atoms with Gasteiger partial charge in [-0.05, 0) is 42.7 Å². The predicted octanol–water partition coefficient (Wildman–Crippen LogP) is 3.78. The van der Waals surface area contributed by atoms with E-state index in [1.807, 2.05) is 12.4 Å². The lowest BCUT2D eigenvalue weighted by atomic mass is 9.95. The van der Waals surface area contributed by atoms with Gasteiger partial charge in [-0.2, -0.15) is 11.8 Å². The van der Waals surface area contributed by atoms with E-state index in [1.54, 1.807) is 0 Å². The van der Waals surface area contributed by atoms with E-state index in [-0.39, 0.29) is 0 Å². The highest BCUT2D eigenvalue weighted by molar-refractivity contribution is 8.00. The third kappa shape index (κ3) is 2.63. The number of nitrogens with one attached hydrogen (secondary N) is 1. The molecule has 19 heavy (non-hydrogen) atoms. The Bertz CT molecular complexity index is 544. The number of aromatic nitrogens is 1. The first-order valence-corrected chi connectivity index (χ1v) is 8.06. The second-order valence-corrected chi connectivity index (χ2v) is 6.46. The van der Waals surface area contributed by atoms with Crippen LogP contribution in [0.15, 0.2) is 36.7 Å². The van der Waals surface area contributed by atoms with Gasteiger partial charge in [0.25, 0.3) is 0 Å². The van der Waals surface area contributed by atoms with Crippen molar-refractivity contribution in [2.75, 3.05) is 12.8 Å². The number of benzene rings is 1. The summed E-state index contributed by atoms with van der Waals surface area (Å²) < 4.78 is 0. The summed E-state index contributed by atoms with van der Waals surface area (Å²) in [5, 5.41) is 6.80. The number of rotatable bonds is 3. The van der Waals surface area contributed by atoms with Crippen LogP contribution in [0, 0.1) is 0 Å². The van der Waals surface area contributed by atoms with Crippen molar-refractivity contribution >= 4 is 22.5 Å². The fourth-order valence-electron chi connectivity index (χ4n) is 2.99. The van der Waals surface area contributed by atoms with Crippen molar-refractivity contribution in [3.8, 4) is 0 Å². The molecule has 0 radical (unpaired) electrons. The molecule has 1 aromatic carbocycles. The third-order valence-electron chi connectivity index (χ3n) is 3.95. The Labute approximate surface area is 119 Å². The van der Waals surface area contributed by atoms with Crippen LogP contribution in [-0.4, -0.2) is 23.0 Å². The largest absolute Gasteiger partial charge is 0.312 e. The van der Waals surface area contributed by atoms with Gasteiger partial charge in [0, 0.05) is 29.1 Å². The Morgan fingerprint density at radius 3 is 3.05 bits per heavy atom. The Balaban J connectivity index is 2.00. The molecule has 100 valence electrons. The molecule has 1 aliphatic rings. The summed E-state index contributed by atoms with van der Waals surface area (Å²) in [6.07, 6.45) is 7.91. The van der Waals surface area contributed by atoms with Crippen molar-refractivity contribution in [3.63, 3.8) is 0 Å². The molecule has 0 amide bonds. The van der Waals surface area contributed by atoms with Gasteiger partial charge in [-0.25, -0.2) is 0 Å². The van der Waals surface area contributed by atoms with Gasteiger partial charge < -0.3 is 5.32 Å². The zero-order valence-corrected chi connectivity index (χ0v) is 12.1. The zero-order valence-electron chi connectivity index (χ0n) is 11.3. The number of pyridine rings is 1. The van der Waals surface area contributed by atoms with Crippen LogP contribution in [0.2, 0.25) is 0 Å². The maximum absolute atomic E-state index is 4.23. The number of thioether (sulfide) groups is 1. The summed E-state index contributed by atoms with van der Waals surface area (Å²) in [5.41, 5.74) is 1.42. The highest BCUT2D eigenvalue weighted by atomic mass is 32.2. The number of nitrogens with zero attached hydrogens (tertiary/aromatic N) is 1. The van der Waals surface area contributed by atoms with Gasteiger partial charge in [-0.1, -0.05) is 24.6 Å². The standard InChI is InChI=1S/C16H20N2S/c1-17-16(15-7-2-3-10-19-15)14-6-4-5-12-11-18-9-8-13(12)14/h4-6,8-9,11,15-17H,2-3,7,10H2,1H3. The van der Waals surface area contributed by atoms with Crippen LogP contribution in [0.4, 0.5) is 0 Å². The van der Waals surface area contributed by atoms with E-state index < -0.39 is 0 Å². The molecule has 3 rings (SSSR count). The quantitative estimate of drug-likeness (QED) is 0.920. The predicted molar refractivity (Wildman–Crippen MR) is 83.6 cm³/mol. The molecule has 0 aliphatic carbocycles. The van der Waals surface area contributed by atoms with Gasteiger partial charge in [0.2, 0.25) is 0 Å². The van der Waals surface area contributed by atoms with Gasteiger partial charge >= 0.3 is 0 Å². The molecular formula is C16H20N2S. The molecule has 1 saturated heterocycles. The van der Waals surface area contributed by atoms with Crippen molar-refractivity contribution in [1.82, 2.24) is 10.3 Å². The molecule has 1 aromatic heterocycles. The van der Waals surface area contributed by atoms with Crippen molar-refractivity contribution in [2.24, 2.45) is 0 Å². The Kier molecular flexibility index (Phi) is 4.04. The van der Waals surface area contributed by atoms with E-state index in [4.69, 9.17) is 0 Å². The van der Waals surface area contributed by atoms with E-state index in [0.29, 0.717) is 11.3 Å². The third-order valence-corrected chi connectivity index (χ3v) is 5.41. The summed E-state index contributed by atoms with van der Waals surface area (Å²) in [7, 11) is 2.08. The first-order chi connectivity index (χ1) is 9.40. The maximum Gasteiger partial charge on any atom is 0.0444 e. The highest BCUT2D eigenvalue weighted by Crippen LogP contribution is 2.36. The molecular weight excluding hydrogens is 252 g/mol. The molecule has 1 N–H and O–H groups in total. The molecule has 0 spiro atoms. The molecule has 2 nitrogen and oxygen atoms in total. The van der Waals surface area contributed by atoms with Crippen LogP contribution < -0.4 is 5.32 Å². The van der Waals surface area contributed by atoms with Gasteiger partial charge in [-0.15, -0.1) is 0 Å². The van der Waals surface area contributed by atoms with Gasteiger partial charge in [0.15, 0.2) is 0 Å². The van der Waals surface area contributed by atoms with Crippen molar-refractivity contribution in [1.29, 1.82) is 0 Å². The van der Waals surface area contributed by atoms with E-state index in [0.717, 1.165) is 0 Å². The second kappa shape index (κ2) is 5.93. The summed E-state index contributed by atoms with van der Waals surface area (Å²) >= 11 is 2.12. The Morgan fingerprint density at radius 2 is 2.26 bits per heavy atom. The molecule has 2 aromatic rings. The van der Waals surface area contributed by atoms with Gasteiger partial charge in [0.1, 0.15) is 0 Å². The first kappa shape index (κ1) is 12.9. The lowest BCUT2D eigenvalue weighted by molar-refractivity contribution is 0.519. The van der Waals surface area contributed by atoms with Crippen LogP contribution in [-0.2, 0) is 0 Å². The second-order valence-electron chi connectivity index (χ2n) is 5.12. The molecule has 0 saturated carbocycles. The van der Waals surface area contributed by atoms with Crippen LogP contribution in [0.1, 0.15) is 30.9 Å². The average Bonchev–Trinajstić information content (AvgIpc) is 2.49.